The Hall–Kier alpha value is -4.70. The zero-order chi connectivity index (χ0) is 28.4. The molecule has 0 bridgehead atoms. The Bertz CT molecular complexity index is 1830. The zero-order valence-corrected chi connectivity index (χ0v) is 23.1. The third kappa shape index (κ3) is 4.89. The first-order valence-electron chi connectivity index (χ1n) is 12.5. The van der Waals surface area contributed by atoms with Gasteiger partial charge in [-0.3, -0.25) is 9.36 Å². The van der Waals surface area contributed by atoms with Crippen molar-refractivity contribution in [1.29, 1.82) is 0 Å². The average molecular weight is 559 g/mol. The van der Waals surface area contributed by atoms with E-state index in [4.69, 9.17) is 18.6 Å². The summed E-state index contributed by atoms with van der Waals surface area (Å²) in [5, 5.41) is 0. The molecule has 0 saturated carbocycles. The standard InChI is InChI=1S/C30H26N2O7S/c1-5-38-29(35)25-17(2)31-30-32(26(25)18-9-8-10-19(15-18)36-3)27(33)24(40-30)16-20-13-14-23(39-20)21-11-6-7-12-22(21)28(34)37-4/h6-16,26H,5H2,1-4H3/b24-16-/t26-/m0/s1. The van der Waals surface area contributed by atoms with E-state index in [2.05, 4.69) is 4.99 Å². The molecule has 9 nitrogen and oxygen atoms in total. The predicted molar refractivity (Wildman–Crippen MR) is 149 cm³/mol. The van der Waals surface area contributed by atoms with Crippen molar-refractivity contribution >= 4 is 29.4 Å². The van der Waals surface area contributed by atoms with Gasteiger partial charge in [0, 0.05) is 11.6 Å². The monoisotopic (exact) mass is 558 g/mol. The summed E-state index contributed by atoms with van der Waals surface area (Å²) in [6.45, 7) is 3.64. The molecular weight excluding hydrogens is 532 g/mol. The molecule has 0 spiro atoms. The lowest BCUT2D eigenvalue weighted by atomic mass is 9.95. The molecule has 1 atom stereocenters. The number of methoxy groups -OCH3 is 2. The molecule has 10 heteroatoms. The summed E-state index contributed by atoms with van der Waals surface area (Å²) in [5.74, 6) is 0.444. The smallest absolute Gasteiger partial charge is 0.338 e. The van der Waals surface area contributed by atoms with Gasteiger partial charge in [-0.1, -0.05) is 41.7 Å². The number of aromatic nitrogens is 1. The maximum Gasteiger partial charge on any atom is 0.338 e. The second kappa shape index (κ2) is 11.2. The molecule has 0 N–H and O–H groups in total. The number of allylic oxidation sites excluding steroid dienone is 1. The van der Waals surface area contributed by atoms with Gasteiger partial charge in [0.25, 0.3) is 5.56 Å². The molecule has 0 saturated heterocycles. The van der Waals surface area contributed by atoms with E-state index in [1.807, 2.05) is 6.07 Å². The van der Waals surface area contributed by atoms with E-state index in [0.717, 1.165) is 0 Å². The lowest BCUT2D eigenvalue weighted by Crippen LogP contribution is -2.39. The Morgan fingerprint density at radius 1 is 1.07 bits per heavy atom. The van der Waals surface area contributed by atoms with Gasteiger partial charge >= 0.3 is 11.9 Å². The average Bonchev–Trinajstić information content (AvgIpc) is 3.56. The summed E-state index contributed by atoms with van der Waals surface area (Å²) < 4.78 is 23.5. The molecule has 0 fully saturated rings. The van der Waals surface area contributed by atoms with Crippen molar-refractivity contribution in [1.82, 2.24) is 4.57 Å². The van der Waals surface area contributed by atoms with Crippen LogP contribution >= 0.6 is 11.3 Å². The number of thiazole rings is 1. The normalized spacial score (nSPS) is 14.9. The van der Waals surface area contributed by atoms with Crippen LogP contribution in [0.5, 0.6) is 5.75 Å². The lowest BCUT2D eigenvalue weighted by molar-refractivity contribution is -0.139. The van der Waals surface area contributed by atoms with Crippen LogP contribution in [0.1, 0.15) is 41.6 Å². The van der Waals surface area contributed by atoms with Gasteiger partial charge < -0.3 is 18.6 Å². The summed E-state index contributed by atoms with van der Waals surface area (Å²) in [6, 6.07) is 16.9. The second-order valence-corrected chi connectivity index (χ2v) is 9.83. The minimum Gasteiger partial charge on any atom is -0.497 e. The summed E-state index contributed by atoms with van der Waals surface area (Å²) >= 11 is 1.19. The molecule has 1 aliphatic rings. The molecule has 0 aliphatic carbocycles. The third-order valence-electron chi connectivity index (χ3n) is 6.42. The molecule has 4 aromatic rings. The number of ether oxygens (including phenoxy) is 3. The quantitative estimate of drug-likeness (QED) is 0.317. The molecule has 0 radical (unpaired) electrons. The first kappa shape index (κ1) is 26.9. The minimum atomic E-state index is -0.758. The number of carbonyl (C=O) groups excluding carboxylic acids is 2. The van der Waals surface area contributed by atoms with E-state index < -0.39 is 18.0 Å². The van der Waals surface area contributed by atoms with Crippen molar-refractivity contribution in [2.24, 2.45) is 4.99 Å². The number of rotatable bonds is 7. The van der Waals surface area contributed by atoms with Gasteiger partial charge in [-0.2, -0.15) is 0 Å². The van der Waals surface area contributed by atoms with Crippen LogP contribution in [0.15, 0.2) is 86.1 Å². The largest absolute Gasteiger partial charge is 0.497 e. The lowest BCUT2D eigenvalue weighted by Gasteiger charge is -2.24. The van der Waals surface area contributed by atoms with Crippen LogP contribution in [-0.4, -0.2) is 37.3 Å². The molecule has 5 rings (SSSR count). The topological polar surface area (TPSA) is 109 Å². The predicted octanol–water partition coefficient (Wildman–Crippen LogP) is 3.85. The van der Waals surface area contributed by atoms with E-state index in [9.17, 15) is 14.4 Å². The number of esters is 2. The highest BCUT2D eigenvalue weighted by molar-refractivity contribution is 7.07. The number of benzene rings is 2. The Kier molecular flexibility index (Phi) is 7.52. The molecule has 0 unspecified atom stereocenters. The van der Waals surface area contributed by atoms with Gasteiger partial charge in [-0.25, -0.2) is 14.6 Å². The molecule has 0 amide bonds. The van der Waals surface area contributed by atoms with Crippen LogP contribution in [-0.2, 0) is 14.3 Å². The van der Waals surface area contributed by atoms with Crippen molar-refractivity contribution in [3.05, 3.63) is 109 Å². The van der Waals surface area contributed by atoms with E-state index in [1.165, 1.54) is 23.0 Å². The number of carbonyl (C=O) groups is 2. The van der Waals surface area contributed by atoms with Crippen LogP contribution in [0.25, 0.3) is 17.4 Å². The van der Waals surface area contributed by atoms with Crippen molar-refractivity contribution < 1.29 is 28.2 Å². The molecule has 2 aromatic carbocycles. The van der Waals surface area contributed by atoms with Gasteiger partial charge in [0.05, 0.1) is 48.2 Å². The molecule has 40 heavy (non-hydrogen) atoms. The Morgan fingerprint density at radius 2 is 1.88 bits per heavy atom. The summed E-state index contributed by atoms with van der Waals surface area (Å²) in [5.41, 5.74) is 2.05. The van der Waals surface area contributed by atoms with Crippen LogP contribution in [0, 0.1) is 0 Å². The Labute approximate surface area is 233 Å². The highest BCUT2D eigenvalue weighted by Gasteiger charge is 2.33. The fourth-order valence-corrected chi connectivity index (χ4v) is 5.64. The zero-order valence-electron chi connectivity index (χ0n) is 22.3. The van der Waals surface area contributed by atoms with Crippen molar-refractivity contribution in [2.45, 2.75) is 19.9 Å². The highest BCUT2D eigenvalue weighted by atomic mass is 32.1. The van der Waals surface area contributed by atoms with E-state index >= 15 is 0 Å². The van der Waals surface area contributed by atoms with Gasteiger partial charge in [0.1, 0.15) is 17.3 Å². The van der Waals surface area contributed by atoms with E-state index in [-0.39, 0.29) is 17.7 Å². The van der Waals surface area contributed by atoms with Crippen LogP contribution < -0.4 is 19.6 Å². The molecular formula is C30H26N2O7S. The van der Waals surface area contributed by atoms with E-state index in [0.29, 0.717) is 49.0 Å². The first-order valence-corrected chi connectivity index (χ1v) is 13.3. The maximum absolute atomic E-state index is 13.8. The Morgan fingerprint density at radius 3 is 2.62 bits per heavy atom. The highest BCUT2D eigenvalue weighted by Crippen LogP contribution is 2.32. The number of fused-ring (bicyclic) bond motifs is 1. The van der Waals surface area contributed by atoms with Gasteiger partial charge in [-0.15, -0.1) is 0 Å². The number of hydrogen-bond donors (Lipinski definition) is 0. The maximum atomic E-state index is 13.8. The van der Waals surface area contributed by atoms with Crippen molar-refractivity contribution in [3.8, 4) is 17.1 Å². The minimum absolute atomic E-state index is 0.185. The summed E-state index contributed by atoms with van der Waals surface area (Å²) in [4.78, 5) is 44.1. The van der Waals surface area contributed by atoms with Gasteiger partial charge in [-0.05, 0) is 49.7 Å². The molecule has 2 aromatic heterocycles. The fourth-order valence-electron chi connectivity index (χ4n) is 4.61. The van der Waals surface area contributed by atoms with Gasteiger partial charge in [0.15, 0.2) is 4.80 Å². The van der Waals surface area contributed by atoms with Gasteiger partial charge in [0.2, 0.25) is 0 Å². The summed E-state index contributed by atoms with van der Waals surface area (Å²) in [6.07, 6.45) is 1.63. The molecule has 1 aliphatic heterocycles. The van der Waals surface area contributed by atoms with Crippen LogP contribution in [0.4, 0.5) is 0 Å². The number of nitrogens with zero attached hydrogens (tertiary/aromatic N) is 2. The fraction of sp³-hybridized carbons (Fsp3) is 0.200. The number of hydrogen-bond acceptors (Lipinski definition) is 9. The van der Waals surface area contributed by atoms with Crippen LogP contribution in [0.3, 0.4) is 0 Å². The van der Waals surface area contributed by atoms with E-state index in [1.54, 1.807) is 81.6 Å². The second-order valence-electron chi connectivity index (χ2n) is 8.82. The van der Waals surface area contributed by atoms with Crippen LogP contribution in [0.2, 0.25) is 0 Å². The first-order chi connectivity index (χ1) is 19.4. The van der Waals surface area contributed by atoms with Crippen molar-refractivity contribution in [3.63, 3.8) is 0 Å². The third-order valence-corrected chi connectivity index (χ3v) is 7.41. The summed E-state index contributed by atoms with van der Waals surface area (Å²) in [7, 11) is 2.87. The SMILES string of the molecule is CCOC(=O)C1=C(C)N=c2s/c(=C\c3ccc(-c4ccccc4C(=O)OC)o3)c(=O)n2[C@H]1c1cccc(OC)c1. The number of furan rings is 1. The molecule has 3 heterocycles. The van der Waals surface area contributed by atoms with Crippen molar-refractivity contribution in [2.75, 3.05) is 20.8 Å². The Balaban J connectivity index is 1.63. The molecule has 204 valence electrons.